The van der Waals surface area contributed by atoms with Crippen LogP contribution in [0.3, 0.4) is 0 Å². The summed E-state index contributed by atoms with van der Waals surface area (Å²) in [6.45, 7) is -0.0143. The predicted octanol–water partition coefficient (Wildman–Crippen LogP) is 2.59. The summed E-state index contributed by atoms with van der Waals surface area (Å²) in [4.78, 5) is 16.5. The molecule has 0 saturated carbocycles. The van der Waals surface area contributed by atoms with Crippen LogP contribution in [-0.2, 0) is 11.3 Å². The van der Waals surface area contributed by atoms with Gasteiger partial charge in [0, 0.05) is 24.4 Å². The van der Waals surface area contributed by atoms with Crippen LogP contribution < -0.4 is 5.32 Å². The Morgan fingerprint density at radius 3 is 2.91 bits per heavy atom. The topological polar surface area (TPSA) is 62.2 Å². The second-order valence-corrected chi connectivity index (χ2v) is 5.58. The first-order valence-corrected chi connectivity index (χ1v) is 7.41. The molecule has 0 radical (unpaired) electrons. The maximum atomic E-state index is 13.6. The summed E-state index contributed by atoms with van der Waals surface area (Å²) in [5.74, 6) is -2.02. The van der Waals surface area contributed by atoms with E-state index in [1.807, 2.05) is 0 Å². The van der Waals surface area contributed by atoms with Gasteiger partial charge >= 0.3 is 0 Å². The van der Waals surface area contributed by atoms with Gasteiger partial charge in [-0.2, -0.15) is 0 Å². The lowest BCUT2D eigenvalue weighted by Crippen LogP contribution is -2.32. The Balaban J connectivity index is 1.73. The van der Waals surface area contributed by atoms with E-state index in [0.29, 0.717) is 24.1 Å². The highest BCUT2D eigenvalue weighted by atomic mass is 19.1. The molecule has 2 N–H and O–H groups in total. The van der Waals surface area contributed by atoms with Crippen LogP contribution in [0.4, 0.5) is 8.78 Å². The minimum Gasteiger partial charge on any atom is -0.387 e. The van der Waals surface area contributed by atoms with Gasteiger partial charge in [0.1, 0.15) is 11.6 Å². The van der Waals surface area contributed by atoms with Crippen LogP contribution in [-0.4, -0.2) is 16.0 Å². The molecule has 6 heteroatoms. The molecule has 23 heavy (non-hydrogen) atoms. The zero-order valence-electron chi connectivity index (χ0n) is 12.3. The van der Waals surface area contributed by atoms with E-state index < -0.39 is 23.7 Å². The van der Waals surface area contributed by atoms with E-state index in [4.69, 9.17) is 0 Å². The predicted molar refractivity (Wildman–Crippen MR) is 79.4 cm³/mol. The highest BCUT2D eigenvalue weighted by Gasteiger charge is 2.31. The third-order valence-corrected chi connectivity index (χ3v) is 4.08. The molecule has 0 fully saturated rings. The number of aliphatic hydroxyl groups is 1. The molecule has 1 heterocycles. The van der Waals surface area contributed by atoms with Crippen molar-refractivity contribution < 1.29 is 18.7 Å². The van der Waals surface area contributed by atoms with E-state index in [0.717, 1.165) is 12.1 Å². The number of halogens is 2. The van der Waals surface area contributed by atoms with E-state index in [2.05, 4.69) is 10.3 Å². The van der Waals surface area contributed by atoms with Crippen molar-refractivity contribution in [2.45, 2.75) is 31.4 Å². The fourth-order valence-corrected chi connectivity index (χ4v) is 2.86. The Morgan fingerprint density at radius 1 is 1.30 bits per heavy atom. The van der Waals surface area contributed by atoms with Gasteiger partial charge in [-0.3, -0.25) is 9.78 Å². The lowest BCUT2D eigenvalue weighted by molar-refractivity contribution is -0.123. The number of benzene rings is 1. The molecule has 1 aromatic heterocycles. The number of nitrogens with zero attached hydrogens (tertiary/aromatic N) is 1. The van der Waals surface area contributed by atoms with E-state index in [1.54, 1.807) is 18.3 Å². The first-order chi connectivity index (χ1) is 11.1. The number of carbonyl (C=O) groups is 1. The number of hydrogen-bond acceptors (Lipinski definition) is 3. The minimum atomic E-state index is -0.688. The van der Waals surface area contributed by atoms with Crippen molar-refractivity contribution >= 4 is 5.91 Å². The van der Waals surface area contributed by atoms with Crippen LogP contribution in [0.15, 0.2) is 36.5 Å². The Kier molecular flexibility index (Phi) is 4.34. The van der Waals surface area contributed by atoms with Crippen molar-refractivity contribution in [3.8, 4) is 0 Å². The lowest BCUT2D eigenvalue weighted by Gasteiger charge is -2.27. The Labute approximate surface area is 132 Å². The zero-order valence-corrected chi connectivity index (χ0v) is 12.3. The van der Waals surface area contributed by atoms with E-state index in [9.17, 15) is 18.7 Å². The number of carbonyl (C=O) groups excluding carboxylic acids is 1. The quantitative estimate of drug-likeness (QED) is 0.914. The third-order valence-electron chi connectivity index (χ3n) is 4.08. The zero-order chi connectivity index (χ0) is 16.4. The minimum absolute atomic E-state index is 0.0143. The van der Waals surface area contributed by atoms with Crippen molar-refractivity contribution in [1.82, 2.24) is 10.3 Å². The molecule has 0 bridgehead atoms. The molecule has 1 amide bonds. The Morgan fingerprint density at radius 2 is 2.13 bits per heavy atom. The van der Waals surface area contributed by atoms with E-state index in [-0.39, 0.29) is 18.0 Å². The van der Waals surface area contributed by atoms with Crippen LogP contribution in [0.5, 0.6) is 0 Å². The smallest absolute Gasteiger partial charge is 0.227 e. The summed E-state index contributed by atoms with van der Waals surface area (Å²) in [5.41, 5.74) is 1.44. The fourth-order valence-electron chi connectivity index (χ4n) is 2.86. The molecule has 120 valence electrons. The van der Waals surface area contributed by atoms with Gasteiger partial charge in [0.2, 0.25) is 5.91 Å². The van der Waals surface area contributed by atoms with Gasteiger partial charge in [-0.05, 0) is 30.5 Å². The van der Waals surface area contributed by atoms with Gasteiger partial charge in [0.05, 0.1) is 17.7 Å². The number of rotatable bonds is 3. The molecule has 1 aliphatic rings. The highest BCUT2D eigenvalue weighted by molar-refractivity contribution is 5.84. The number of fused-ring (bicyclic) bond motifs is 1. The average Bonchev–Trinajstić information content (AvgIpc) is 2.54. The monoisotopic (exact) mass is 318 g/mol. The number of aromatic nitrogens is 1. The second-order valence-electron chi connectivity index (χ2n) is 5.58. The summed E-state index contributed by atoms with van der Waals surface area (Å²) in [6.07, 6.45) is 1.87. The molecular weight excluding hydrogens is 302 g/mol. The van der Waals surface area contributed by atoms with Gasteiger partial charge < -0.3 is 10.4 Å². The van der Waals surface area contributed by atoms with Crippen LogP contribution in [0.1, 0.15) is 41.7 Å². The largest absolute Gasteiger partial charge is 0.387 e. The van der Waals surface area contributed by atoms with Crippen molar-refractivity contribution in [2.75, 3.05) is 0 Å². The summed E-state index contributed by atoms with van der Waals surface area (Å²) < 4.78 is 26.5. The van der Waals surface area contributed by atoms with Crippen LogP contribution >= 0.6 is 0 Å². The maximum absolute atomic E-state index is 13.6. The van der Waals surface area contributed by atoms with Crippen LogP contribution in [0.25, 0.3) is 0 Å². The molecule has 1 aliphatic carbocycles. The Hall–Kier alpha value is -2.34. The highest BCUT2D eigenvalue weighted by Crippen LogP contribution is 2.36. The van der Waals surface area contributed by atoms with Gasteiger partial charge in [0.25, 0.3) is 0 Å². The molecule has 4 nitrogen and oxygen atoms in total. The van der Waals surface area contributed by atoms with Crippen molar-refractivity contribution in [2.24, 2.45) is 0 Å². The third kappa shape index (κ3) is 3.22. The number of amides is 1. The van der Waals surface area contributed by atoms with Gasteiger partial charge in [-0.1, -0.05) is 12.1 Å². The normalized spacial score (nSPS) is 20.0. The van der Waals surface area contributed by atoms with Gasteiger partial charge in [0.15, 0.2) is 0 Å². The fraction of sp³-hybridized carbons (Fsp3) is 0.294. The number of pyridine rings is 1. The van der Waals surface area contributed by atoms with Gasteiger partial charge in [-0.15, -0.1) is 0 Å². The molecule has 1 aromatic carbocycles. The summed E-state index contributed by atoms with van der Waals surface area (Å²) in [6, 6.07) is 6.74. The molecule has 2 atom stereocenters. The number of nitrogens with one attached hydrogen (secondary N) is 1. The molecule has 3 rings (SSSR count). The second kappa shape index (κ2) is 6.42. The van der Waals surface area contributed by atoms with Gasteiger partial charge in [-0.25, -0.2) is 8.78 Å². The summed E-state index contributed by atoms with van der Waals surface area (Å²) in [7, 11) is 0. The van der Waals surface area contributed by atoms with Crippen molar-refractivity contribution in [3.05, 3.63) is 65.0 Å². The molecule has 0 unspecified atom stereocenters. The SMILES string of the molecule is O=C(NCc1ccc(F)cc1F)[C@@H]1CC[C@H](O)c2ncccc21. The van der Waals surface area contributed by atoms with E-state index >= 15 is 0 Å². The molecule has 0 spiro atoms. The summed E-state index contributed by atoms with van der Waals surface area (Å²) >= 11 is 0. The maximum Gasteiger partial charge on any atom is 0.227 e. The van der Waals surface area contributed by atoms with E-state index in [1.165, 1.54) is 6.07 Å². The lowest BCUT2D eigenvalue weighted by atomic mass is 9.83. The molecule has 0 saturated heterocycles. The molecule has 2 aromatic rings. The van der Waals surface area contributed by atoms with Crippen molar-refractivity contribution in [3.63, 3.8) is 0 Å². The van der Waals surface area contributed by atoms with Crippen LogP contribution in [0.2, 0.25) is 0 Å². The average molecular weight is 318 g/mol. The van der Waals surface area contributed by atoms with Crippen LogP contribution in [0, 0.1) is 11.6 Å². The van der Waals surface area contributed by atoms with Crippen molar-refractivity contribution in [1.29, 1.82) is 0 Å². The Bertz CT molecular complexity index is 736. The molecule has 0 aliphatic heterocycles. The standard InChI is InChI=1S/C17H16F2N2O2/c18-11-4-3-10(14(19)8-11)9-21-17(23)13-5-6-15(22)16-12(13)2-1-7-20-16/h1-4,7-8,13,15,22H,5-6,9H2,(H,21,23)/t13-,15+/m1/s1. The number of aliphatic hydroxyl groups excluding tert-OH is 1. The first-order valence-electron chi connectivity index (χ1n) is 7.41. The summed E-state index contributed by atoms with van der Waals surface area (Å²) in [5, 5.41) is 12.6. The first kappa shape index (κ1) is 15.6. The molecular formula is C17H16F2N2O2. The number of hydrogen-bond donors (Lipinski definition) is 2.